The van der Waals surface area contributed by atoms with Gasteiger partial charge in [-0.1, -0.05) is 0 Å². The normalized spacial score (nSPS) is 11.3. The number of carbonyl (C=O) groups is 1. The molecule has 0 aliphatic heterocycles. The minimum absolute atomic E-state index is 0.0328. The van der Waals surface area contributed by atoms with Crippen molar-refractivity contribution in [2.75, 3.05) is 0 Å². The van der Waals surface area contributed by atoms with Gasteiger partial charge in [0.05, 0.1) is 0 Å². The van der Waals surface area contributed by atoms with Crippen LogP contribution in [-0.4, -0.2) is 27.2 Å². The molecule has 2 heteroatoms. The van der Waals surface area contributed by atoms with Crippen LogP contribution in [0, 0.1) is 0 Å². The van der Waals surface area contributed by atoms with E-state index in [0.29, 0.717) is 0 Å². The summed E-state index contributed by atoms with van der Waals surface area (Å²) in [6.07, 6.45) is 1.05. The van der Waals surface area contributed by atoms with Gasteiger partial charge in [0.1, 0.15) is 0 Å². The van der Waals surface area contributed by atoms with Crippen LogP contribution in [0.1, 0.15) is 13.8 Å². The third-order valence-electron chi connectivity index (χ3n) is 0.810. The molecule has 1 nitrogen and oxygen atoms in total. The van der Waals surface area contributed by atoms with Crippen molar-refractivity contribution in [1.29, 1.82) is 0 Å². The molecule has 0 amide bonds. The summed E-state index contributed by atoms with van der Waals surface area (Å²) >= 11 is -0.0588. The van der Waals surface area contributed by atoms with E-state index in [0.717, 1.165) is 6.29 Å². The van der Waals surface area contributed by atoms with Crippen LogP contribution in [0.3, 0.4) is 0 Å². The SMILES string of the molecule is C[Te]C(C)(C)C=O. The summed E-state index contributed by atoms with van der Waals surface area (Å²) in [6, 6.07) is 0. The Morgan fingerprint density at radius 3 is 2.00 bits per heavy atom. The predicted molar refractivity (Wildman–Crippen MR) is 31.7 cm³/mol. The van der Waals surface area contributed by atoms with Crippen molar-refractivity contribution in [3.8, 4) is 0 Å². The maximum atomic E-state index is 10.1. The van der Waals surface area contributed by atoms with Crippen molar-refractivity contribution in [3.05, 3.63) is 0 Å². The Morgan fingerprint density at radius 1 is 1.57 bits per heavy atom. The van der Waals surface area contributed by atoms with Gasteiger partial charge in [-0.05, 0) is 0 Å². The molecule has 0 atom stereocenters. The van der Waals surface area contributed by atoms with E-state index >= 15 is 0 Å². The monoisotopic (exact) mass is 216 g/mol. The molecule has 0 spiro atoms. The van der Waals surface area contributed by atoms with Gasteiger partial charge in [-0.25, -0.2) is 0 Å². The zero-order valence-corrected chi connectivity index (χ0v) is 7.22. The first-order chi connectivity index (χ1) is 3.12. The summed E-state index contributed by atoms with van der Waals surface area (Å²) < 4.78 is 0.0328. The van der Waals surface area contributed by atoms with E-state index in [1.807, 2.05) is 13.8 Å². The number of hydrogen-bond acceptors (Lipinski definition) is 1. The Balaban J connectivity index is 3.58. The van der Waals surface area contributed by atoms with E-state index in [1.165, 1.54) is 0 Å². The fourth-order valence-electron chi connectivity index (χ4n) is 0.0481. The average molecular weight is 214 g/mol. The van der Waals surface area contributed by atoms with Gasteiger partial charge in [0.15, 0.2) is 0 Å². The molecule has 0 fully saturated rings. The number of rotatable bonds is 2. The summed E-state index contributed by atoms with van der Waals surface area (Å²) in [5, 5.41) is 0. The van der Waals surface area contributed by atoms with Crippen LogP contribution >= 0.6 is 0 Å². The van der Waals surface area contributed by atoms with Crippen LogP contribution in [0.25, 0.3) is 0 Å². The van der Waals surface area contributed by atoms with E-state index in [-0.39, 0.29) is 24.4 Å². The molecule has 0 aliphatic carbocycles. The third-order valence-corrected chi connectivity index (χ3v) is 4.09. The van der Waals surface area contributed by atoms with Gasteiger partial charge in [-0.3, -0.25) is 0 Å². The van der Waals surface area contributed by atoms with Gasteiger partial charge >= 0.3 is 54.3 Å². The fourth-order valence-corrected chi connectivity index (χ4v) is 0.323. The van der Waals surface area contributed by atoms with Gasteiger partial charge in [-0.15, -0.1) is 0 Å². The molecular formula is C5H10OTe. The molecule has 0 rings (SSSR count). The number of carbonyl (C=O) groups excluding carboxylic acids is 1. The van der Waals surface area contributed by atoms with Crippen molar-refractivity contribution in [1.82, 2.24) is 0 Å². The fraction of sp³-hybridized carbons (Fsp3) is 0.800. The molecule has 0 N–H and O–H groups in total. The van der Waals surface area contributed by atoms with Gasteiger partial charge in [-0.2, -0.15) is 0 Å². The van der Waals surface area contributed by atoms with E-state index in [2.05, 4.69) is 4.97 Å². The summed E-state index contributed by atoms with van der Waals surface area (Å²) in [5.41, 5.74) is 0. The van der Waals surface area contributed by atoms with Crippen molar-refractivity contribution < 1.29 is 4.79 Å². The second kappa shape index (κ2) is 2.69. The average Bonchev–Trinajstić information content (AvgIpc) is 1.68. The Bertz CT molecular complexity index is 68.5. The van der Waals surface area contributed by atoms with Crippen LogP contribution in [0.4, 0.5) is 0 Å². The zero-order chi connectivity index (χ0) is 5.91. The molecule has 0 saturated carbocycles. The van der Waals surface area contributed by atoms with Crippen molar-refractivity contribution in [2.24, 2.45) is 0 Å². The number of aldehydes is 1. The van der Waals surface area contributed by atoms with Crippen molar-refractivity contribution in [3.63, 3.8) is 0 Å². The van der Waals surface area contributed by atoms with Gasteiger partial charge in [0, 0.05) is 0 Å². The maximum absolute atomic E-state index is 10.1. The molecule has 0 aromatic rings. The second-order valence-electron chi connectivity index (χ2n) is 1.93. The van der Waals surface area contributed by atoms with Crippen LogP contribution in [0.15, 0.2) is 0 Å². The Hall–Kier alpha value is 0.460. The number of hydrogen-bond donors (Lipinski definition) is 0. The molecule has 0 saturated heterocycles. The summed E-state index contributed by atoms with van der Waals surface area (Å²) in [5.74, 6) is 0. The minimum atomic E-state index is -0.0588. The topological polar surface area (TPSA) is 17.1 Å². The molecule has 0 unspecified atom stereocenters. The molecule has 0 aliphatic rings. The molecule has 0 heterocycles. The van der Waals surface area contributed by atoms with Gasteiger partial charge in [0.25, 0.3) is 0 Å². The standard InChI is InChI=1S/C5H10OTe/c1-5(2,4-6)7-3/h4H,1-3H3. The predicted octanol–water partition coefficient (Wildman–Crippen LogP) is 1.14. The van der Waals surface area contributed by atoms with E-state index in [1.54, 1.807) is 0 Å². The third kappa shape index (κ3) is 3.08. The van der Waals surface area contributed by atoms with Crippen LogP contribution in [-0.2, 0) is 4.79 Å². The van der Waals surface area contributed by atoms with Crippen molar-refractivity contribution in [2.45, 2.75) is 22.3 Å². The molecule has 7 heavy (non-hydrogen) atoms. The molecule has 0 bridgehead atoms. The summed E-state index contributed by atoms with van der Waals surface area (Å²) in [7, 11) is 0. The first-order valence-electron chi connectivity index (χ1n) is 2.14. The molecule has 0 radical (unpaired) electrons. The van der Waals surface area contributed by atoms with E-state index < -0.39 is 0 Å². The second-order valence-corrected chi connectivity index (χ2v) is 6.09. The van der Waals surface area contributed by atoms with Crippen LogP contribution in [0.5, 0.6) is 0 Å². The Morgan fingerprint density at radius 2 is 2.00 bits per heavy atom. The summed E-state index contributed by atoms with van der Waals surface area (Å²) in [6.45, 7) is 3.98. The first-order valence-corrected chi connectivity index (χ1v) is 5.63. The molecule has 0 aromatic carbocycles. The summed E-state index contributed by atoms with van der Waals surface area (Å²) in [4.78, 5) is 12.2. The van der Waals surface area contributed by atoms with Gasteiger partial charge < -0.3 is 0 Å². The molecule has 0 aromatic heterocycles. The Kier molecular flexibility index (Phi) is 2.87. The molecular weight excluding hydrogens is 204 g/mol. The van der Waals surface area contributed by atoms with Gasteiger partial charge in [0.2, 0.25) is 0 Å². The Labute approximate surface area is 54.6 Å². The quantitative estimate of drug-likeness (QED) is 0.497. The zero-order valence-electron chi connectivity index (χ0n) is 4.89. The van der Waals surface area contributed by atoms with Crippen molar-refractivity contribution >= 4 is 27.2 Å². The molecule has 42 valence electrons. The van der Waals surface area contributed by atoms with E-state index in [4.69, 9.17) is 0 Å². The van der Waals surface area contributed by atoms with E-state index in [9.17, 15) is 4.79 Å². The van der Waals surface area contributed by atoms with Crippen LogP contribution < -0.4 is 0 Å². The first kappa shape index (κ1) is 7.46. The van der Waals surface area contributed by atoms with Crippen LogP contribution in [0.2, 0.25) is 8.43 Å².